The number of hydrogen-bond donors (Lipinski definition) is 2. The molecule has 1 unspecified atom stereocenters. The fourth-order valence-electron chi connectivity index (χ4n) is 2.25. The Labute approximate surface area is 128 Å². The van der Waals surface area contributed by atoms with Crippen molar-refractivity contribution in [1.29, 1.82) is 0 Å². The Hall–Kier alpha value is -1.44. The van der Waals surface area contributed by atoms with Crippen LogP contribution in [0, 0.1) is 5.92 Å². The van der Waals surface area contributed by atoms with Crippen LogP contribution in [0.1, 0.15) is 19.3 Å². The summed E-state index contributed by atoms with van der Waals surface area (Å²) in [5.74, 6) is -1.05. The molecular weight excluding hydrogens is 296 g/mol. The highest BCUT2D eigenvalue weighted by molar-refractivity contribution is 7.98. The number of amides is 2. The number of esters is 1. The Morgan fingerprint density at radius 2 is 2.19 bits per heavy atom. The molecule has 1 heterocycles. The Kier molecular flexibility index (Phi) is 7.35. The first kappa shape index (κ1) is 17.6. The van der Waals surface area contributed by atoms with Gasteiger partial charge in [0.25, 0.3) is 0 Å². The molecule has 0 bridgehead atoms. The van der Waals surface area contributed by atoms with E-state index in [1.165, 1.54) is 23.8 Å². The molecule has 2 amide bonds. The van der Waals surface area contributed by atoms with E-state index in [4.69, 9.17) is 9.84 Å². The molecule has 2 atom stereocenters. The van der Waals surface area contributed by atoms with Gasteiger partial charge in [0.05, 0.1) is 13.0 Å². The molecule has 0 aromatic heterocycles. The van der Waals surface area contributed by atoms with Gasteiger partial charge in [-0.3, -0.25) is 4.79 Å². The second-order valence-corrected chi connectivity index (χ2v) is 5.92. The summed E-state index contributed by atoms with van der Waals surface area (Å²) in [5, 5.41) is 11.6. The van der Waals surface area contributed by atoms with Gasteiger partial charge in [0.15, 0.2) is 0 Å². The average Bonchev–Trinajstić information content (AvgIpc) is 2.50. The minimum atomic E-state index is -1.04. The smallest absolute Gasteiger partial charge is 0.326 e. The lowest BCUT2D eigenvalue weighted by Crippen LogP contribution is -2.51. The van der Waals surface area contributed by atoms with E-state index in [1.807, 2.05) is 6.26 Å². The van der Waals surface area contributed by atoms with Crippen molar-refractivity contribution in [3.05, 3.63) is 0 Å². The van der Waals surface area contributed by atoms with Gasteiger partial charge >= 0.3 is 18.0 Å². The summed E-state index contributed by atoms with van der Waals surface area (Å²) in [5.41, 5.74) is 0. The van der Waals surface area contributed by atoms with Crippen LogP contribution in [0.5, 0.6) is 0 Å². The summed E-state index contributed by atoms with van der Waals surface area (Å²) in [7, 11) is 1.32. The second kappa shape index (κ2) is 8.76. The zero-order chi connectivity index (χ0) is 15.8. The van der Waals surface area contributed by atoms with Gasteiger partial charge in [-0.1, -0.05) is 0 Å². The Morgan fingerprint density at radius 3 is 2.76 bits per heavy atom. The Bertz CT molecular complexity index is 391. The van der Waals surface area contributed by atoms with Crippen LogP contribution in [0.3, 0.4) is 0 Å². The molecule has 8 heteroatoms. The van der Waals surface area contributed by atoms with Crippen LogP contribution in [-0.2, 0) is 14.3 Å². The number of hydrogen-bond acceptors (Lipinski definition) is 5. The van der Waals surface area contributed by atoms with Gasteiger partial charge in [-0.15, -0.1) is 0 Å². The number of carbonyl (C=O) groups excluding carboxylic acids is 2. The lowest BCUT2D eigenvalue weighted by atomic mass is 9.98. The number of aliphatic carboxylic acids is 1. The van der Waals surface area contributed by atoms with Crippen LogP contribution in [0.2, 0.25) is 0 Å². The molecule has 21 heavy (non-hydrogen) atoms. The van der Waals surface area contributed by atoms with E-state index in [2.05, 4.69) is 5.32 Å². The number of nitrogens with one attached hydrogen (secondary N) is 1. The topological polar surface area (TPSA) is 95.9 Å². The molecule has 0 spiro atoms. The summed E-state index contributed by atoms with van der Waals surface area (Å²) in [6, 6.07) is -1.33. The highest BCUT2D eigenvalue weighted by Gasteiger charge is 2.30. The molecule has 7 nitrogen and oxygen atoms in total. The first-order chi connectivity index (χ1) is 9.99. The summed E-state index contributed by atoms with van der Waals surface area (Å²) in [4.78, 5) is 36.3. The number of carbonyl (C=O) groups is 3. The zero-order valence-electron chi connectivity index (χ0n) is 12.3. The van der Waals surface area contributed by atoms with Gasteiger partial charge in [-0.2, -0.15) is 11.8 Å². The van der Waals surface area contributed by atoms with Crippen LogP contribution in [0.15, 0.2) is 0 Å². The number of nitrogens with zero attached hydrogens (tertiary/aromatic N) is 1. The summed E-state index contributed by atoms with van der Waals surface area (Å²) >= 11 is 1.53. The van der Waals surface area contributed by atoms with Crippen molar-refractivity contribution >= 4 is 29.7 Å². The SMILES string of the molecule is COC(=O)C1CCCN(C(=O)N[C@H](CCSC)C(=O)O)C1. The van der Waals surface area contributed by atoms with Crippen LogP contribution in [0.25, 0.3) is 0 Å². The van der Waals surface area contributed by atoms with Gasteiger partial charge in [0.1, 0.15) is 6.04 Å². The fraction of sp³-hybridized carbons (Fsp3) is 0.769. The van der Waals surface area contributed by atoms with E-state index in [0.717, 1.165) is 0 Å². The number of methoxy groups -OCH3 is 1. The van der Waals surface area contributed by atoms with Crippen molar-refractivity contribution in [2.45, 2.75) is 25.3 Å². The van der Waals surface area contributed by atoms with Gasteiger partial charge in [-0.05, 0) is 31.3 Å². The molecule has 1 saturated heterocycles. The van der Waals surface area contributed by atoms with Crippen molar-refractivity contribution < 1.29 is 24.2 Å². The third-order valence-electron chi connectivity index (χ3n) is 3.45. The predicted octanol–water partition coefficient (Wildman–Crippen LogP) is 0.787. The van der Waals surface area contributed by atoms with Gasteiger partial charge in [0.2, 0.25) is 0 Å². The highest BCUT2D eigenvalue weighted by Crippen LogP contribution is 2.18. The maximum atomic E-state index is 12.1. The molecule has 0 radical (unpaired) electrons. The number of carboxylic acids is 1. The van der Waals surface area contributed by atoms with Crippen molar-refractivity contribution in [1.82, 2.24) is 10.2 Å². The molecule has 1 fully saturated rings. The predicted molar refractivity (Wildman–Crippen MR) is 79.3 cm³/mol. The molecule has 0 aromatic rings. The monoisotopic (exact) mass is 318 g/mol. The number of likely N-dealkylation sites (tertiary alicyclic amines) is 1. The van der Waals surface area contributed by atoms with Crippen molar-refractivity contribution in [2.24, 2.45) is 5.92 Å². The van der Waals surface area contributed by atoms with Crippen LogP contribution in [-0.4, -0.2) is 66.2 Å². The normalized spacial score (nSPS) is 19.7. The molecule has 1 aliphatic rings. The third-order valence-corrected chi connectivity index (χ3v) is 4.09. The van der Waals surface area contributed by atoms with E-state index in [1.54, 1.807) is 0 Å². The summed E-state index contributed by atoms with van der Waals surface area (Å²) in [6.07, 6.45) is 3.64. The van der Waals surface area contributed by atoms with E-state index < -0.39 is 18.0 Å². The Morgan fingerprint density at radius 1 is 1.48 bits per heavy atom. The van der Waals surface area contributed by atoms with E-state index >= 15 is 0 Å². The van der Waals surface area contributed by atoms with Crippen LogP contribution >= 0.6 is 11.8 Å². The summed E-state index contributed by atoms with van der Waals surface area (Å²) < 4.78 is 4.70. The third kappa shape index (κ3) is 5.45. The lowest BCUT2D eigenvalue weighted by molar-refractivity contribution is -0.147. The van der Waals surface area contributed by atoms with E-state index in [-0.39, 0.29) is 18.4 Å². The van der Waals surface area contributed by atoms with Crippen LogP contribution in [0.4, 0.5) is 4.79 Å². The number of carboxylic acid groups (broad SMARTS) is 1. The number of rotatable bonds is 6. The van der Waals surface area contributed by atoms with Crippen molar-refractivity contribution in [3.8, 4) is 0 Å². The zero-order valence-corrected chi connectivity index (χ0v) is 13.1. The number of thioether (sulfide) groups is 1. The maximum absolute atomic E-state index is 12.1. The molecule has 1 rings (SSSR count). The second-order valence-electron chi connectivity index (χ2n) is 4.93. The molecule has 0 aromatic carbocycles. The first-order valence-corrected chi connectivity index (χ1v) is 8.24. The fourth-order valence-corrected chi connectivity index (χ4v) is 2.73. The molecule has 2 N–H and O–H groups in total. The van der Waals surface area contributed by atoms with E-state index in [0.29, 0.717) is 31.6 Å². The molecule has 120 valence electrons. The van der Waals surface area contributed by atoms with E-state index in [9.17, 15) is 14.4 Å². The lowest BCUT2D eigenvalue weighted by Gasteiger charge is -2.32. The molecule has 0 saturated carbocycles. The minimum Gasteiger partial charge on any atom is -0.480 e. The quantitative estimate of drug-likeness (QED) is 0.703. The van der Waals surface area contributed by atoms with Crippen molar-refractivity contribution in [3.63, 3.8) is 0 Å². The molecule has 0 aliphatic carbocycles. The van der Waals surface area contributed by atoms with Gasteiger partial charge < -0.3 is 20.1 Å². The van der Waals surface area contributed by atoms with Gasteiger partial charge in [0, 0.05) is 13.1 Å². The van der Waals surface area contributed by atoms with Crippen molar-refractivity contribution in [2.75, 3.05) is 32.2 Å². The van der Waals surface area contributed by atoms with Gasteiger partial charge in [-0.25, -0.2) is 9.59 Å². The first-order valence-electron chi connectivity index (χ1n) is 6.84. The number of ether oxygens (including phenoxy) is 1. The van der Waals surface area contributed by atoms with Crippen LogP contribution < -0.4 is 5.32 Å². The number of urea groups is 1. The Balaban J connectivity index is 2.56. The number of piperidine rings is 1. The average molecular weight is 318 g/mol. The maximum Gasteiger partial charge on any atom is 0.326 e. The minimum absolute atomic E-state index is 0.271. The summed E-state index contributed by atoms with van der Waals surface area (Å²) in [6.45, 7) is 0.793. The molecule has 1 aliphatic heterocycles. The highest BCUT2D eigenvalue weighted by atomic mass is 32.2. The standard InChI is InChI=1S/C13H22N2O5S/c1-20-12(18)9-4-3-6-15(8-9)13(19)14-10(11(16)17)5-7-21-2/h9-10H,3-8H2,1-2H3,(H,14,19)(H,16,17)/t9?,10-/m1/s1. The largest absolute Gasteiger partial charge is 0.480 e. The molecular formula is C13H22N2O5S.